The molecule has 2 aromatic carbocycles. The molecule has 0 bridgehead atoms. The van der Waals surface area contributed by atoms with Crippen molar-refractivity contribution in [3.8, 4) is 28.1 Å². The van der Waals surface area contributed by atoms with Gasteiger partial charge in [-0.15, -0.1) is 0 Å². The van der Waals surface area contributed by atoms with E-state index in [0.717, 1.165) is 0 Å². The second-order valence-electron chi connectivity index (χ2n) is 5.14. The van der Waals surface area contributed by atoms with Crippen LogP contribution in [0.4, 0.5) is 8.78 Å². The van der Waals surface area contributed by atoms with Crippen molar-refractivity contribution in [3.63, 3.8) is 0 Å². The minimum absolute atomic E-state index is 0.313. The fourth-order valence-corrected chi connectivity index (χ4v) is 2.56. The Hall–Kier alpha value is -2.75. The number of nitrogens with zero attached hydrogens (tertiary/aromatic N) is 1. The number of benzene rings is 2. The second-order valence-corrected chi connectivity index (χ2v) is 5.14. The number of hydrogen-bond donors (Lipinski definition) is 0. The van der Waals surface area contributed by atoms with E-state index in [0.29, 0.717) is 33.8 Å². The molecule has 0 radical (unpaired) electrons. The molecule has 0 atom stereocenters. The molecule has 1 aromatic heterocycles. The van der Waals surface area contributed by atoms with E-state index in [1.54, 1.807) is 49.4 Å². The maximum Gasteiger partial charge on any atom is 0.221 e. The van der Waals surface area contributed by atoms with Crippen LogP contribution in [0, 0.1) is 18.6 Å². The highest BCUT2D eigenvalue weighted by Gasteiger charge is 2.17. The Morgan fingerprint density at radius 1 is 0.783 bits per heavy atom. The summed E-state index contributed by atoms with van der Waals surface area (Å²) in [7, 11) is 1.48. The van der Waals surface area contributed by atoms with Crippen LogP contribution in [0.5, 0.6) is 5.88 Å². The fraction of sp³-hybridized carbons (Fsp3) is 0.105. The van der Waals surface area contributed by atoms with E-state index in [1.807, 2.05) is 0 Å². The Balaban J connectivity index is 2.27. The van der Waals surface area contributed by atoms with Crippen LogP contribution in [-0.2, 0) is 0 Å². The van der Waals surface area contributed by atoms with Crippen molar-refractivity contribution >= 4 is 0 Å². The van der Waals surface area contributed by atoms with Crippen molar-refractivity contribution in [1.29, 1.82) is 0 Å². The highest BCUT2D eigenvalue weighted by Crippen LogP contribution is 2.36. The normalized spacial score (nSPS) is 10.6. The molecule has 3 aromatic rings. The Kier molecular flexibility index (Phi) is 4.06. The number of rotatable bonds is 3. The molecule has 2 nitrogen and oxygen atoms in total. The third-order valence-electron chi connectivity index (χ3n) is 3.70. The lowest BCUT2D eigenvalue weighted by molar-refractivity contribution is 0.398. The first kappa shape index (κ1) is 15.2. The molecule has 0 saturated heterocycles. The Morgan fingerprint density at radius 3 is 1.83 bits per heavy atom. The lowest BCUT2D eigenvalue weighted by atomic mass is 9.98. The summed E-state index contributed by atoms with van der Waals surface area (Å²) in [4.78, 5) is 4.37. The summed E-state index contributed by atoms with van der Waals surface area (Å²) >= 11 is 0. The van der Waals surface area contributed by atoms with Gasteiger partial charge in [0.15, 0.2) is 0 Å². The second kappa shape index (κ2) is 6.16. The van der Waals surface area contributed by atoms with Crippen molar-refractivity contribution in [2.24, 2.45) is 0 Å². The maximum atomic E-state index is 14.1. The number of methoxy groups -OCH3 is 1. The summed E-state index contributed by atoms with van der Waals surface area (Å²) in [5.74, 6) is -0.411. The highest BCUT2D eigenvalue weighted by atomic mass is 19.1. The number of hydrogen-bond acceptors (Lipinski definition) is 2. The minimum atomic E-state index is -0.379. The number of ether oxygens (including phenoxy) is 1. The smallest absolute Gasteiger partial charge is 0.221 e. The molecule has 0 saturated carbocycles. The predicted octanol–water partition coefficient (Wildman–Crippen LogP) is 5.01. The summed E-state index contributed by atoms with van der Waals surface area (Å²) in [5, 5.41) is 0. The van der Waals surface area contributed by atoms with E-state index in [9.17, 15) is 8.78 Å². The topological polar surface area (TPSA) is 22.1 Å². The first-order valence-electron chi connectivity index (χ1n) is 7.17. The summed E-state index contributed by atoms with van der Waals surface area (Å²) < 4.78 is 33.6. The van der Waals surface area contributed by atoms with E-state index in [2.05, 4.69) is 4.98 Å². The third-order valence-corrected chi connectivity index (χ3v) is 3.70. The van der Waals surface area contributed by atoms with Crippen LogP contribution in [0.15, 0.2) is 54.6 Å². The molecule has 4 heteroatoms. The summed E-state index contributed by atoms with van der Waals surface area (Å²) in [5.41, 5.74) is 2.52. The average Bonchev–Trinajstić information content (AvgIpc) is 2.56. The molecule has 0 aliphatic carbocycles. The van der Waals surface area contributed by atoms with Crippen molar-refractivity contribution in [2.45, 2.75) is 6.92 Å². The highest BCUT2D eigenvalue weighted by molar-refractivity contribution is 5.77. The van der Waals surface area contributed by atoms with Crippen molar-refractivity contribution < 1.29 is 13.5 Å². The number of halogens is 2. The zero-order valence-electron chi connectivity index (χ0n) is 12.8. The van der Waals surface area contributed by atoms with E-state index >= 15 is 0 Å². The van der Waals surface area contributed by atoms with Crippen LogP contribution >= 0.6 is 0 Å². The van der Waals surface area contributed by atoms with Gasteiger partial charge < -0.3 is 4.74 Å². The summed E-state index contributed by atoms with van der Waals surface area (Å²) in [6.07, 6.45) is 0. The standard InChI is InChI=1S/C19H15F2NO/c1-12-15(13-7-3-5-9-17(13)20)11-16(19(22-12)23-2)14-8-4-6-10-18(14)21/h3-11H,1-2H3. The first-order chi connectivity index (χ1) is 11.1. The van der Waals surface area contributed by atoms with Gasteiger partial charge in [-0.05, 0) is 25.1 Å². The molecule has 116 valence electrons. The van der Waals surface area contributed by atoms with Gasteiger partial charge in [-0.25, -0.2) is 13.8 Å². The van der Waals surface area contributed by atoms with E-state index in [4.69, 9.17) is 4.74 Å². The summed E-state index contributed by atoms with van der Waals surface area (Å²) in [6, 6.07) is 14.5. The maximum absolute atomic E-state index is 14.1. The zero-order valence-corrected chi connectivity index (χ0v) is 12.8. The van der Waals surface area contributed by atoms with Crippen LogP contribution in [0.2, 0.25) is 0 Å². The number of aryl methyl sites for hydroxylation is 1. The molecule has 0 aliphatic heterocycles. The Bertz CT molecular complexity index is 862. The molecule has 0 spiro atoms. The quantitative estimate of drug-likeness (QED) is 0.678. The minimum Gasteiger partial charge on any atom is -0.481 e. The molecule has 3 rings (SSSR count). The molecule has 0 amide bonds. The van der Waals surface area contributed by atoms with Gasteiger partial charge in [0.1, 0.15) is 11.6 Å². The van der Waals surface area contributed by atoms with Gasteiger partial charge in [-0.3, -0.25) is 0 Å². The van der Waals surface area contributed by atoms with Crippen LogP contribution in [0.1, 0.15) is 5.69 Å². The molecular formula is C19H15F2NO. The number of pyridine rings is 1. The fourth-order valence-electron chi connectivity index (χ4n) is 2.56. The lowest BCUT2D eigenvalue weighted by Gasteiger charge is -2.14. The van der Waals surface area contributed by atoms with Gasteiger partial charge in [0.25, 0.3) is 0 Å². The molecule has 0 unspecified atom stereocenters. The van der Waals surface area contributed by atoms with Crippen LogP contribution in [0.3, 0.4) is 0 Å². The van der Waals surface area contributed by atoms with Gasteiger partial charge in [0, 0.05) is 27.9 Å². The monoisotopic (exact) mass is 311 g/mol. The van der Waals surface area contributed by atoms with Gasteiger partial charge in [-0.2, -0.15) is 0 Å². The van der Waals surface area contributed by atoms with Crippen LogP contribution in [-0.4, -0.2) is 12.1 Å². The number of aromatic nitrogens is 1. The Morgan fingerprint density at radius 2 is 1.30 bits per heavy atom. The average molecular weight is 311 g/mol. The molecule has 0 aliphatic rings. The molecule has 0 fully saturated rings. The molecule has 23 heavy (non-hydrogen) atoms. The molecule has 0 N–H and O–H groups in total. The van der Waals surface area contributed by atoms with Crippen LogP contribution in [0.25, 0.3) is 22.3 Å². The third kappa shape index (κ3) is 2.80. The Labute approximate surface area is 133 Å². The first-order valence-corrected chi connectivity index (χ1v) is 7.17. The van der Waals surface area contributed by atoms with Gasteiger partial charge in [-0.1, -0.05) is 36.4 Å². The van der Waals surface area contributed by atoms with E-state index < -0.39 is 0 Å². The van der Waals surface area contributed by atoms with Crippen molar-refractivity contribution in [3.05, 3.63) is 71.9 Å². The van der Waals surface area contributed by atoms with Gasteiger partial charge >= 0.3 is 0 Å². The molecule has 1 heterocycles. The lowest BCUT2D eigenvalue weighted by Crippen LogP contribution is -1.98. The van der Waals surface area contributed by atoms with E-state index in [-0.39, 0.29) is 11.6 Å². The summed E-state index contributed by atoms with van der Waals surface area (Å²) in [6.45, 7) is 1.77. The molecular weight excluding hydrogens is 296 g/mol. The van der Waals surface area contributed by atoms with Gasteiger partial charge in [0.05, 0.1) is 7.11 Å². The van der Waals surface area contributed by atoms with Gasteiger partial charge in [0.2, 0.25) is 5.88 Å². The van der Waals surface area contributed by atoms with E-state index in [1.165, 1.54) is 19.2 Å². The van der Waals surface area contributed by atoms with Crippen molar-refractivity contribution in [2.75, 3.05) is 7.11 Å². The predicted molar refractivity (Wildman–Crippen MR) is 86.3 cm³/mol. The van der Waals surface area contributed by atoms with Crippen LogP contribution < -0.4 is 4.74 Å². The van der Waals surface area contributed by atoms with Crippen molar-refractivity contribution in [1.82, 2.24) is 4.98 Å². The SMILES string of the molecule is COc1nc(C)c(-c2ccccc2F)cc1-c1ccccc1F. The largest absolute Gasteiger partial charge is 0.481 e. The zero-order chi connectivity index (χ0) is 16.4.